The molecule has 6 nitrogen and oxygen atoms in total. The normalized spacial score (nSPS) is 12.1. The Morgan fingerprint density at radius 2 is 1.23 bits per heavy atom. The topological polar surface area (TPSA) is 112 Å². The Labute approximate surface area is 317 Å². The van der Waals surface area contributed by atoms with E-state index in [2.05, 4.69) is 31.2 Å². The van der Waals surface area contributed by atoms with Gasteiger partial charge in [0.25, 0.3) is 10.1 Å². The molecular weight excluding hydrogens is 517 g/mol. The number of unbranched alkanes of at least 4 members (excludes halogenated alkanes) is 1. The Morgan fingerprint density at radius 1 is 0.839 bits per heavy atom. The molecule has 160 valence electrons. The standard InChI is InChI=1S/C20H27O6PS.3K.3H/c1-2-3-5-16-8-12-18(13-9-16)19-14-10-17(11-15-19)6-4-7-20(27(21,22)23)28(24,25)26;;;;;;/h8-15,20H,2-7H2,1H3,(H2,21,22,23)(H,24,25,26);;;;;;/q;3*+1;3*-1. The van der Waals surface area contributed by atoms with E-state index in [0.29, 0.717) is 6.42 Å². The van der Waals surface area contributed by atoms with E-state index in [-0.39, 0.29) is 171 Å². The molecule has 2 aromatic rings. The van der Waals surface area contributed by atoms with Crippen molar-refractivity contribution in [3.05, 3.63) is 59.7 Å². The molecule has 11 heteroatoms. The zero-order valence-corrected chi connectivity index (χ0v) is 29.9. The van der Waals surface area contributed by atoms with Gasteiger partial charge in [0.1, 0.15) is 0 Å². The van der Waals surface area contributed by atoms with E-state index in [1.54, 1.807) is 0 Å². The smallest absolute Gasteiger partial charge is 1.00 e. The number of hydrogen-bond acceptors (Lipinski definition) is 3. The van der Waals surface area contributed by atoms with Gasteiger partial charge in [-0.15, -0.1) is 0 Å². The monoisotopic (exact) mass is 546 g/mol. The summed E-state index contributed by atoms with van der Waals surface area (Å²) < 4.78 is 42.6. The first-order valence-electron chi connectivity index (χ1n) is 9.31. The number of aryl methyl sites for hydroxylation is 2. The first-order valence-corrected chi connectivity index (χ1v) is 12.5. The SMILES string of the molecule is CCCCc1ccc(-c2ccc(CCCC(P(=O)(O)O)S(=O)(=O)O)cc2)cc1.[H-].[H-].[H-].[K+].[K+].[K+]. The Bertz CT molecular complexity index is 930. The van der Waals surface area contributed by atoms with Crippen molar-refractivity contribution in [1.29, 1.82) is 0 Å². The molecule has 0 amide bonds. The van der Waals surface area contributed by atoms with Crippen molar-refractivity contribution in [3.63, 3.8) is 0 Å². The molecule has 0 aliphatic carbocycles. The molecule has 0 spiro atoms. The predicted molar refractivity (Wildman–Crippen MR) is 114 cm³/mol. The van der Waals surface area contributed by atoms with E-state index in [1.165, 1.54) is 18.4 Å². The minimum atomic E-state index is -4.92. The number of hydrogen-bond donors (Lipinski definition) is 3. The summed E-state index contributed by atoms with van der Waals surface area (Å²) in [6.45, 7) is 2.17. The van der Waals surface area contributed by atoms with Crippen molar-refractivity contribution in [3.8, 4) is 11.1 Å². The van der Waals surface area contributed by atoms with Gasteiger partial charge < -0.3 is 14.1 Å². The number of benzene rings is 2. The second-order valence-electron chi connectivity index (χ2n) is 6.95. The van der Waals surface area contributed by atoms with Gasteiger partial charge in [-0.05, 0) is 54.4 Å². The van der Waals surface area contributed by atoms with Crippen molar-refractivity contribution >= 4 is 17.7 Å². The molecule has 0 aliphatic heterocycles. The molecule has 31 heavy (non-hydrogen) atoms. The summed E-state index contributed by atoms with van der Waals surface area (Å²) in [6.07, 6.45) is 3.82. The van der Waals surface area contributed by atoms with Crippen LogP contribution in [-0.2, 0) is 27.5 Å². The third-order valence-corrected chi connectivity index (χ3v) is 8.25. The molecule has 0 fully saturated rings. The molecule has 3 N–H and O–H groups in total. The summed E-state index contributed by atoms with van der Waals surface area (Å²) in [5, 5.41) is 0. The molecule has 1 unspecified atom stereocenters. The molecule has 2 aromatic carbocycles. The molecule has 0 heterocycles. The van der Waals surface area contributed by atoms with Gasteiger partial charge in [-0.2, -0.15) is 8.42 Å². The maximum Gasteiger partial charge on any atom is 1.00 e. The van der Waals surface area contributed by atoms with Crippen LogP contribution < -0.4 is 154 Å². The Balaban J connectivity index is -0.000000467. The van der Waals surface area contributed by atoms with Crippen molar-refractivity contribution in [1.82, 2.24) is 0 Å². The largest absolute Gasteiger partial charge is 1.00 e. The van der Waals surface area contributed by atoms with Gasteiger partial charge in [-0.1, -0.05) is 61.9 Å². The zero-order chi connectivity index (χ0) is 20.8. The van der Waals surface area contributed by atoms with Crippen molar-refractivity contribution in [2.24, 2.45) is 0 Å². The summed E-state index contributed by atoms with van der Waals surface area (Å²) in [5.41, 5.74) is 4.43. The first kappa shape index (κ1) is 36.6. The summed E-state index contributed by atoms with van der Waals surface area (Å²) in [5.74, 6) is 0. The van der Waals surface area contributed by atoms with Crippen LogP contribution >= 0.6 is 7.60 Å². The second-order valence-corrected chi connectivity index (χ2v) is 10.7. The van der Waals surface area contributed by atoms with E-state index < -0.39 is 22.7 Å². The third kappa shape index (κ3) is 13.5. The average Bonchev–Trinajstić information content (AvgIpc) is 2.62. The summed E-state index contributed by atoms with van der Waals surface area (Å²) in [4.78, 5) is 16.2. The quantitative estimate of drug-likeness (QED) is 0.158. The molecule has 0 saturated heterocycles. The molecule has 0 saturated carbocycles. The minimum Gasteiger partial charge on any atom is -1.00 e. The van der Waals surface area contributed by atoms with Gasteiger partial charge in [0.05, 0.1) is 0 Å². The molecular formula is C20H30K3O6PS. The molecule has 0 aromatic heterocycles. The van der Waals surface area contributed by atoms with Crippen LogP contribution in [0.25, 0.3) is 11.1 Å². The van der Waals surface area contributed by atoms with E-state index in [1.807, 2.05) is 24.3 Å². The van der Waals surface area contributed by atoms with E-state index in [9.17, 15) is 13.0 Å². The first-order chi connectivity index (χ1) is 13.1. The van der Waals surface area contributed by atoms with Crippen LogP contribution in [0, 0.1) is 0 Å². The van der Waals surface area contributed by atoms with Gasteiger partial charge in [0, 0.05) is 0 Å². The van der Waals surface area contributed by atoms with E-state index in [0.717, 1.165) is 23.1 Å². The summed E-state index contributed by atoms with van der Waals surface area (Å²) in [7, 11) is -9.71. The van der Waals surface area contributed by atoms with Crippen LogP contribution in [0.5, 0.6) is 0 Å². The van der Waals surface area contributed by atoms with Gasteiger partial charge in [0.15, 0.2) is 4.99 Å². The molecule has 0 radical (unpaired) electrons. The Morgan fingerprint density at radius 3 is 1.55 bits per heavy atom. The summed E-state index contributed by atoms with van der Waals surface area (Å²) in [6, 6.07) is 16.2. The van der Waals surface area contributed by atoms with Crippen molar-refractivity contribution < 1.29 is 186 Å². The van der Waals surface area contributed by atoms with Gasteiger partial charge in [-0.3, -0.25) is 9.12 Å². The van der Waals surface area contributed by atoms with Gasteiger partial charge >= 0.3 is 162 Å². The minimum absolute atomic E-state index is 0. The fraction of sp³-hybridized carbons (Fsp3) is 0.400. The van der Waals surface area contributed by atoms with Gasteiger partial charge in [0.2, 0.25) is 0 Å². The Hall–Kier alpha value is 3.41. The second kappa shape index (κ2) is 17.8. The molecule has 0 aliphatic rings. The molecule has 2 rings (SSSR count). The number of rotatable bonds is 10. The average molecular weight is 547 g/mol. The van der Waals surface area contributed by atoms with E-state index >= 15 is 0 Å². The van der Waals surface area contributed by atoms with Crippen LogP contribution in [0.4, 0.5) is 0 Å². The molecule has 1 atom stereocenters. The van der Waals surface area contributed by atoms with Crippen LogP contribution in [0.3, 0.4) is 0 Å². The Kier molecular flexibility index (Phi) is 21.0. The van der Waals surface area contributed by atoms with Crippen LogP contribution in [0.2, 0.25) is 0 Å². The van der Waals surface area contributed by atoms with Crippen molar-refractivity contribution in [2.45, 2.75) is 50.4 Å². The zero-order valence-electron chi connectivity index (χ0n) is 21.9. The van der Waals surface area contributed by atoms with Crippen LogP contribution in [0.15, 0.2) is 48.5 Å². The predicted octanol–water partition coefficient (Wildman–Crippen LogP) is -4.24. The maximum absolute atomic E-state index is 11.3. The van der Waals surface area contributed by atoms with Crippen molar-refractivity contribution in [2.75, 3.05) is 0 Å². The van der Waals surface area contributed by atoms with Gasteiger partial charge in [-0.25, -0.2) is 0 Å². The summed E-state index contributed by atoms with van der Waals surface area (Å²) >= 11 is 0. The fourth-order valence-corrected chi connectivity index (χ4v) is 5.45. The third-order valence-electron chi connectivity index (χ3n) is 4.70. The van der Waals surface area contributed by atoms with E-state index in [4.69, 9.17) is 14.3 Å². The van der Waals surface area contributed by atoms with Crippen LogP contribution in [-0.4, -0.2) is 27.7 Å². The maximum atomic E-state index is 11.3. The molecule has 0 bridgehead atoms. The fourth-order valence-electron chi connectivity index (χ4n) is 3.08. The van der Waals surface area contributed by atoms with Crippen LogP contribution in [0.1, 0.15) is 48.0 Å².